The van der Waals surface area contributed by atoms with Gasteiger partial charge in [0.2, 0.25) is 6.79 Å². The van der Waals surface area contributed by atoms with Crippen LogP contribution in [0.5, 0.6) is 11.5 Å². The summed E-state index contributed by atoms with van der Waals surface area (Å²) in [6.07, 6.45) is -0.481. The molecule has 2 aromatic rings. The molecule has 1 atom stereocenters. The molecule has 4 heteroatoms. The normalized spacial score (nSPS) is 14.4. The third-order valence-corrected chi connectivity index (χ3v) is 3.56. The number of rotatable bonds is 5. The van der Waals surface area contributed by atoms with Gasteiger partial charge in [-0.05, 0) is 30.3 Å². The van der Waals surface area contributed by atoms with Crippen molar-refractivity contribution in [3.63, 3.8) is 0 Å². The van der Waals surface area contributed by atoms with E-state index < -0.39 is 6.10 Å². The molecule has 21 heavy (non-hydrogen) atoms. The highest BCUT2D eigenvalue weighted by Gasteiger charge is 2.15. The maximum atomic E-state index is 10.2. The average molecular weight is 285 g/mol. The third-order valence-electron chi connectivity index (χ3n) is 3.56. The molecule has 0 spiro atoms. The van der Waals surface area contributed by atoms with Gasteiger partial charge in [0.15, 0.2) is 11.5 Å². The second kappa shape index (κ2) is 6.16. The van der Waals surface area contributed by atoms with Gasteiger partial charge in [0, 0.05) is 13.1 Å². The van der Waals surface area contributed by atoms with Crippen LogP contribution in [0.15, 0.2) is 48.5 Å². The molecule has 0 amide bonds. The van der Waals surface area contributed by atoms with Crippen LogP contribution in [0.1, 0.15) is 17.2 Å². The maximum Gasteiger partial charge on any atom is 0.231 e. The van der Waals surface area contributed by atoms with Crippen molar-refractivity contribution in [1.82, 2.24) is 4.90 Å². The highest BCUT2D eigenvalue weighted by molar-refractivity contribution is 5.44. The maximum absolute atomic E-state index is 10.2. The van der Waals surface area contributed by atoms with Crippen molar-refractivity contribution in [2.75, 3.05) is 20.4 Å². The molecule has 0 saturated carbocycles. The summed E-state index contributed by atoms with van der Waals surface area (Å²) in [6.45, 7) is 1.63. The highest BCUT2D eigenvalue weighted by atomic mass is 16.7. The number of fused-ring (bicyclic) bond motifs is 1. The Hall–Kier alpha value is -2.04. The number of benzene rings is 2. The smallest absolute Gasteiger partial charge is 0.231 e. The molecule has 1 aliphatic heterocycles. The van der Waals surface area contributed by atoms with E-state index in [4.69, 9.17) is 9.47 Å². The first kappa shape index (κ1) is 13.9. The van der Waals surface area contributed by atoms with Crippen molar-refractivity contribution in [2.45, 2.75) is 12.6 Å². The molecule has 0 radical (unpaired) electrons. The Balaban J connectivity index is 1.60. The lowest BCUT2D eigenvalue weighted by molar-refractivity contribution is 0.124. The van der Waals surface area contributed by atoms with E-state index in [1.54, 1.807) is 0 Å². The fourth-order valence-electron chi connectivity index (χ4n) is 2.49. The minimum Gasteiger partial charge on any atom is -0.454 e. The Morgan fingerprint density at radius 1 is 1.10 bits per heavy atom. The van der Waals surface area contributed by atoms with Gasteiger partial charge in [0.05, 0.1) is 6.10 Å². The molecule has 4 nitrogen and oxygen atoms in total. The average Bonchev–Trinajstić information content (AvgIpc) is 2.95. The molecular formula is C17H19NO3. The first-order valence-corrected chi connectivity index (χ1v) is 7.02. The molecule has 1 aliphatic rings. The van der Waals surface area contributed by atoms with Crippen LogP contribution in [-0.4, -0.2) is 30.4 Å². The van der Waals surface area contributed by atoms with Gasteiger partial charge in [-0.25, -0.2) is 0 Å². The van der Waals surface area contributed by atoms with Gasteiger partial charge in [-0.1, -0.05) is 36.4 Å². The summed E-state index contributed by atoms with van der Waals surface area (Å²) in [5.74, 6) is 1.59. The van der Waals surface area contributed by atoms with Crippen LogP contribution in [0.25, 0.3) is 0 Å². The van der Waals surface area contributed by atoms with Crippen LogP contribution in [0.2, 0.25) is 0 Å². The van der Waals surface area contributed by atoms with Gasteiger partial charge in [-0.2, -0.15) is 0 Å². The molecule has 3 rings (SSSR count). The Kier molecular flexibility index (Phi) is 4.08. The topological polar surface area (TPSA) is 41.9 Å². The standard InChI is InChI=1S/C17H19NO3/c1-18(11-15(19)14-5-3-2-4-6-14)10-13-7-8-16-17(9-13)21-12-20-16/h2-9,15,19H,10-12H2,1H3/t15-/m1/s1. The summed E-state index contributed by atoms with van der Waals surface area (Å²) >= 11 is 0. The largest absolute Gasteiger partial charge is 0.454 e. The Morgan fingerprint density at radius 3 is 2.67 bits per heavy atom. The molecule has 0 bridgehead atoms. The summed E-state index contributed by atoms with van der Waals surface area (Å²) in [5.41, 5.74) is 2.08. The Labute approximate surface area is 124 Å². The van der Waals surface area contributed by atoms with Crippen LogP contribution in [0, 0.1) is 0 Å². The van der Waals surface area contributed by atoms with Crippen LogP contribution in [0.4, 0.5) is 0 Å². The SMILES string of the molecule is CN(Cc1ccc2c(c1)OCO2)C[C@@H](O)c1ccccc1. The fourth-order valence-corrected chi connectivity index (χ4v) is 2.49. The van der Waals surface area contributed by atoms with Gasteiger partial charge < -0.3 is 14.6 Å². The quantitative estimate of drug-likeness (QED) is 0.917. The van der Waals surface area contributed by atoms with E-state index >= 15 is 0 Å². The predicted octanol–water partition coefficient (Wildman–Crippen LogP) is 2.58. The second-order valence-corrected chi connectivity index (χ2v) is 5.31. The molecule has 1 heterocycles. The van der Waals surface area contributed by atoms with E-state index in [0.29, 0.717) is 13.3 Å². The lowest BCUT2D eigenvalue weighted by Gasteiger charge is -2.21. The number of likely N-dealkylation sites (N-methyl/N-ethyl adjacent to an activating group) is 1. The van der Waals surface area contributed by atoms with Gasteiger partial charge in [-0.3, -0.25) is 4.90 Å². The molecule has 0 aromatic heterocycles. The molecule has 2 aromatic carbocycles. The molecule has 110 valence electrons. The lowest BCUT2D eigenvalue weighted by atomic mass is 10.1. The Bertz CT molecular complexity index is 600. The van der Waals surface area contributed by atoms with Crippen molar-refractivity contribution in [3.8, 4) is 11.5 Å². The number of aliphatic hydroxyl groups is 1. The van der Waals surface area contributed by atoms with Crippen molar-refractivity contribution in [2.24, 2.45) is 0 Å². The monoisotopic (exact) mass is 285 g/mol. The summed E-state index contributed by atoms with van der Waals surface area (Å²) < 4.78 is 10.7. The van der Waals surface area contributed by atoms with Gasteiger partial charge >= 0.3 is 0 Å². The summed E-state index contributed by atoms with van der Waals surface area (Å²) in [6, 6.07) is 15.7. The van der Waals surface area contributed by atoms with Crippen LogP contribution in [0.3, 0.4) is 0 Å². The number of hydrogen-bond acceptors (Lipinski definition) is 4. The van der Waals surface area contributed by atoms with Crippen LogP contribution < -0.4 is 9.47 Å². The van der Waals surface area contributed by atoms with Crippen molar-refractivity contribution < 1.29 is 14.6 Å². The molecule has 0 fully saturated rings. The number of nitrogens with zero attached hydrogens (tertiary/aromatic N) is 1. The number of aliphatic hydroxyl groups excluding tert-OH is 1. The van der Waals surface area contributed by atoms with Gasteiger partial charge in [0.1, 0.15) is 0 Å². The molecule has 0 aliphatic carbocycles. The number of ether oxygens (including phenoxy) is 2. The lowest BCUT2D eigenvalue weighted by Crippen LogP contribution is -2.24. The Morgan fingerprint density at radius 2 is 1.86 bits per heavy atom. The third kappa shape index (κ3) is 3.35. The van der Waals surface area contributed by atoms with Gasteiger partial charge in [0.25, 0.3) is 0 Å². The fraction of sp³-hybridized carbons (Fsp3) is 0.294. The zero-order valence-corrected chi connectivity index (χ0v) is 12.0. The van der Waals surface area contributed by atoms with Crippen molar-refractivity contribution in [1.29, 1.82) is 0 Å². The van der Waals surface area contributed by atoms with E-state index in [1.807, 2.05) is 55.6 Å². The minimum absolute atomic E-state index is 0.293. The second-order valence-electron chi connectivity index (χ2n) is 5.31. The molecule has 1 N–H and O–H groups in total. The van der Waals surface area contributed by atoms with E-state index in [0.717, 1.165) is 29.2 Å². The minimum atomic E-state index is -0.481. The van der Waals surface area contributed by atoms with E-state index in [1.165, 1.54) is 0 Å². The molecular weight excluding hydrogens is 266 g/mol. The number of hydrogen-bond donors (Lipinski definition) is 1. The summed E-state index contributed by atoms with van der Waals surface area (Å²) in [4.78, 5) is 2.09. The van der Waals surface area contributed by atoms with Crippen molar-refractivity contribution >= 4 is 0 Å². The van der Waals surface area contributed by atoms with E-state index in [-0.39, 0.29) is 0 Å². The molecule has 0 unspecified atom stereocenters. The first-order chi connectivity index (χ1) is 10.2. The summed E-state index contributed by atoms with van der Waals surface area (Å²) in [7, 11) is 2.00. The van der Waals surface area contributed by atoms with Gasteiger partial charge in [-0.15, -0.1) is 0 Å². The predicted molar refractivity (Wildman–Crippen MR) is 80.3 cm³/mol. The van der Waals surface area contributed by atoms with E-state index in [2.05, 4.69) is 4.90 Å². The van der Waals surface area contributed by atoms with Crippen molar-refractivity contribution in [3.05, 3.63) is 59.7 Å². The zero-order chi connectivity index (χ0) is 14.7. The van der Waals surface area contributed by atoms with Crippen LogP contribution >= 0.6 is 0 Å². The van der Waals surface area contributed by atoms with E-state index in [9.17, 15) is 5.11 Å². The molecule has 0 saturated heterocycles. The van der Waals surface area contributed by atoms with Crippen LogP contribution in [-0.2, 0) is 6.54 Å². The zero-order valence-electron chi connectivity index (χ0n) is 12.0. The first-order valence-electron chi connectivity index (χ1n) is 7.02. The highest BCUT2D eigenvalue weighted by Crippen LogP contribution is 2.32. The summed E-state index contributed by atoms with van der Waals surface area (Å²) in [5, 5.41) is 10.2.